The van der Waals surface area contributed by atoms with Gasteiger partial charge in [0.05, 0.1) is 11.3 Å². The molecule has 0 aliphatic heterocycles. The molecule has 0 atom stereocenters. The van der Waals surface area contributed by atoms with Crippen LogP contribution in [0.25, 0.3) is 0 Å². The Morgan fingerprint density at radius 3 is 2.69 bits per heavy atom. The minimum atomic E-state index is -0.714. The summed E-state index contributed by atoms with van der Waals surface area (Å²) in [5, 5.41) is 12.2. The van der Waals surface area contributed by atoms with Gasteiger partial charge >= 0.3 is 0 Å². The highest BCUT2D eigenvalue weighted by Gasteiger charge is 2.28. The van der Waals surface area contributed by atoms with Gasteiger partial charge in [-0.2, -0.15) is 0 Å². The second kappa shape index (κ2) is 3.84. The second-order valence-corrected chi connectivity index (χ2v) is 3.83. The predicted octanol–water partition coefficient (Wildman–Crippen LogP) is 0.937. The van der Waals surface area contributed by atoms with Crippen molar-refractivity contribution in [1.29, 1.82) is 0 Å². The molecule has 2 rings (SSSR count). The Bertz CT molecular complexity index is 453. The van der Waals surface area contributed by atoms with Crippen LogP contribution in [-0.2, 0) is 4.79 Å². The molecule has 16 heavy (non-hydrogen) atoms. The highest BCUT2D eigenvalue weighted by atomic mass is 16.3. The maximum absolute atomic E-state index is 11.0. The molecule has 0 aromatic heterocycles. The Hall–Kier alpha value is -2.04. The number of nitrogens with two attached hydrogens (primary N) is 1. The zero-order chi connectivity index (χ0) is 11.7. The molecule has 0 heterocycles. The van der Waals surface area contributed by atoms with Gasteiger partial charge < -0.3 is 16.2 Å². The van der Waals surface area contributed by atoms with Gasteiger partial charge in [0.1, 0.15) is 0 Å². The zero-order valence-electron chi connectivity index (χ0n) is 8.56. The summed E-state index contributed by atoms with van der Waals surface area (Å²) in [6.45, 7) is 0. The normalized spacial score (nSPS) is 14.5. The van der Waals surface area contributed by atoms with E-state index in [-0.39, 0.29) is 11.3 Å². The van der Waals surface area contributed by atoms with E-state index in [1.54, 1.807) is 6.07 Å². The first-order chi connectivity index (χ1) is 7.65. The van der Waals surface area contributed by atoms with Crippen LogP contribution in [-0.4, -0.2) is 17.4 Å². The second-order valence-electron chi connectivity index (χ2n) is 3.83. The number of aromatic hydroxyl groups is 1. The Labute approximate surface area is 92.3 Å². The standard InChI is InChI=1S/C11H12N2O3/c12-11(16)8-4-3-7(6-1-2-6)9(10(8)15)13-5-14/h3-6,15H,1-2H2,(H2,12,16)(H,13,14). The van der Waals surface area contributed by atoms with Gasteiger partial charge in [-0.3, -0.25) is 9.59 Å². The topological polar surface area (TPSA) is 92.4 Å². The van der Waals surface area contributed by atoms with Crippen molar-refractivity contribution in [3.8, 4) is 5.75 Å². The van der Waals surface area contributed by atoms with Crippen molar-refractivity contribution in [3.05, 3.63) is 23.3 Å². The third-order valence-corrected chi connectivity index (χ3v) is 2.70. The first-order valence-electron chi connectivity index (χ1n) is 5.01. The fraction of sp³-hybridized carbons (Fsp3) is 0.273. The molecule has 0 spiro atoms. The van der Waals surface area contributed by atoms with E-state index in [1.807, 2.05) is 0 Å². The van der Waals surface area contributed by atoms with Crippen LogP contribution in [0.2, 0.25) is 0 Å². The summed E-state index contributed by atoms with van der Waals surface area (Å²) in [6, 6.07) is 3.21. The smallest absolute Gasteiger partial charge is 0.252 e. The molecule has 5 nitrogen and oxygen atoms in total. The van der Waals surface area contributed by atoms with Crippen LogP contribution in [0.3, 0.4) is 0 Å². The van der Waals surface area contributed by atoms with E-state index in [1.165, 1.54) is 6.07 Å². The molecule has 2 amide bonds. The lowest BCUT2D eigenvalue weighted by atomic mass is 10.0. The Morgan fingerprint density at radius 1 is 1.50 bits per heavy atom. The van der Waals surface area contributed by atoms with Crippen molar-refractivity contribution in [1.82, 2.24) is 0 Å². The van der Waals surface area contributed by atoms with E-state index in [9.17, 15) is 14.7 Å². The number of primary amides is 1. The molecular formula is C11H12N2O3. The summed E-state index contributed by atoms with van der Waals surface area (Å²) >= 11 is 0. The number of amides is 2. The van der Waals surface area contributed by atoms with Crippen molar-refractivity contribution in [2.24, 2.45) is 5.73 Å². The average Bonchev–Trinajstić information content (AvgIpc) is 3.04. The summed E-state index contributed by atoms with van der Waals surface area (Å²) in [6.07, 6.45) is 2.54. The van der Waals surface area contributed by atoms with Gasteiger partial charge in [-0.05, 0) is 30.4 Å². The highest BCUT2D eigenvalue weighted by Crippen LogP contribution is 2.46. The van der Waals surface area contributed by atoms with E-state index in [2.05, 4.69) is 5.32 Å². The van der Waals surface area contributed by atoms with Gasteiger partial charge in [-0.25, -0.2) is 0 Å². The quantitative estimate of drug-likeness (QED) is 0.520. The van der Waals surface area contributed by atoms with Gasteiger partial charge in [-0.1, -0.05) is 6.07 Å². The number of phenols is 1. The van der Waals surface area contributed by atoms with Gasteiger partial charge in [0.15, 0.2) is 5.75 Å². The predicted molar refractivity (Wildman–Crippen MR) is 58.3 cm³/mol. The largest absolute Gasteiger partial charge is 0.505 e. The first-order valence-corrected chi connectivity index (χ1v) is 5.01. The molecule has 84 valence electrons. The maximum atomic E-state index is 11.0. The number of carbonyl (C=O) groups is 2. The van der Waals surface area contributed by atoms with Crippen molar-refractivity contribution in [2.45, 2.75) is 18.8 Å². The average molecular weight is 220 g/mol. The lowest BCUT2D eigenvalue weighted by Gasteiger charge is -2.11. The molecule has 1 fully saturated rings. The molecule has 5 heteroatoms. The lowest BCUT2D eigenvalue weighted by Crippen LogP contribution is -2.12. The Kier molecular flexibility index (Phi) is 2.52. The lowest BCUT2D eigenvalue weighted by molar-refractivity contribution is -0.105. The highest BCUT2D eigenvalue weighted by molar-refractivity contribution is 5.99. The number of carbonyl (C=O) groups excluding carboxylic acids is 2. The van der Waals surface area contributed by atoms with Crippen LogP contribution in [0.1, 0.15) is 34.7 Å². The van der Waals surface area contributed by atoms with Crippen molar-refractivity contribution in [3.63, 3.8) is 0 Å². The summed E-state index contributed by atoms with van der Waals surface area (Å²) < 4.78 is 0. The molecule has 1 aliphatic carbocycles. The zero-order valence-corrected chi connectivity index (χ0v) is 8.56. The van der Waals surface area contributed by atoms with Crippen molar-refractivity contribution >= 4 is 18.0 Å². The van der Waals surface area contributed by atoms with Crippen LogP contribution < -0.4 is 11.1 Å². The Morgan fingerprint density at radius 2 is 2.19 bits per heavy atom. The molecule has 1 saturated carbocycles. The maximum Gasteiger partial charge on any atom is 0.252 e. The molecule has 1 aromatic carbocycles. The molecule has 0 saturated heterocycles. The monoisotopic (exact) mass is 220 g/mol. The van der Waals surface area contributed by atoms with Crippen LogP contribution >= 0.6 is 0 Å². The van der Waals surface area contributed by atoms with E-state index in [4.69, 9.17) is 5.73 Å². The summed E-state index contributed by atoms with van der Waals surface area (Å²) in [5.41, 5.74) is 6.28. The summed E-state index contributed by atoms with van der Waals surface area (Å²) in [5.74, 6) is -0.604. The van der Waals surface area contributed by atoms with E-state index in [0.717, 1.165) is 18.4 Å². The van der Waals surface area contributed by atoms with Crippen molar-refractivity contribution in [2.75, 3.05) is 5.32 Å². The van der Waals surface area contributed by atoms with Crippen molar-refractivity contribution < 1.29 is 14.7 Å². The van der Waals surface area contributed by atoms with Crippen LogP contribution in [0.5, 0.6) is 5.75 Å². The van der Waals surface area contributed by atoms with E-state index < -0.39 is 5.91 Å². The van der Waals surface area contributed by atoms with E-state index in [0.29, 0.717) is 18.0 Å². The number of anilines is 1. The SMILES string of the molecule is NC(=O)c1ccc(C2CC2)c(NC=O)c1O. The number of benzene rings is 1. The molecule has 4 N–H and O–H groups in total. The fourth-order valence-corrected chi connectivity index (χ4v) is 1.75. The number of hydrogen-bond acceptors (Lipinski definition) is 3. The molecule has 0 bridgehead atoms. The minimum Gasteiger partial charge on any atom is -0.505 e. The van der Waals surface area contributed by atoms with Gasteiger partial charge in [0, 0.05) is 0 Å². The number of rotatable bonds is 4. The first kappa shape index (κ1) is 10.5. The number of nitrogens with one attached hydrogen (secondary N) is 1. The van der Waals surface area contributed by atoms with Crippen LogP contribution in [0, 0.1) is 0 Å². The van der Waals surface area contributed by atoms with Gasteiger partial charge in [0.25, 0.3) is 5.91 Å². The summed E-state index contributed by atoms with van der Waals surface area (Å²) in [7, 11) is 0. The third kappa shape index (κ3) is 1.71. The minimum absolute atomic E-state index is 0.0220. The van der Waals surface area contributed by atoms with Crippen LogP contribution in [0.4, 0.5) is 5.69 Å². The molecule has 1 aliphatic rings. The molecule has 0 radical (unpaired) electrons. The molecule has 0 unspecified atom stereocenters. The molecule has 1 aromatic rings. The number of hydrogen-bond donors (Lipinski definition) is 3. The van der Waals surface area contributed by atoms with Gasteiger partial charge in [0.2, 0.25) is 6.41 Å². The third-order valence-electron chi connectivity index (χ3n) is 2.70. The molecular weight excluding hydrogens is 208 g/mol. The van der Waals surface area contributed by atoms with Gasteiger partial charge in [-0.15, -0.1) is 0 Å². The summed E-state index contributed by atoms with van der Waals surface area (Å²) in [4.78, 5) is 21.5. The van der Waals surface area contributed by atoms with Crippen LogP contribution in [0.15, 0.2) is 12.1 Å². The Balaban J connectivity index is 2.52. The fourth-order valence-electron chi connectivity index (χ4n) is 1.75. The van der Waals surface area contributed by atoms with E-state index >= 15 is 0 Å².